The van der Waals surface area contributed by atoms with E-state index in [1.54, 1.807) is 6.20 Å². The SMILES string of the molecule is Cn1nc(C(=O)O[C@H](c2ccccc2)c2nccs2)ccc1=O. The molecule has 0 unspecified atom stereocenters. The molecular weight excluding hydrogens is 314 g/mol. The smallest absolute Gasteiger partial charge is 0.359 e. The maximum absolute atomic E-state index is 12.4. The average molecular weight is 327 g/mol. The van der Waals surface area contributed by atoms with Crippen LogP contribution in [-0.4, -0.2) is 20.7 Å². The lowest BCUT2D eigenvalue weighted by atomic mass is 10.1. The molecule has 0 aliphatic carbocycles. The minimum absolute atomic E-state index is 0.0737. The fourth-order valence-corrected chi connectivity index (χ4v) is 2.72. The van der Waals surface area contributed by atoms with E-state index in [0.29, 0.717) is 5.01 Å². The Kier molecular flexibility index (Phi) is 4.29. The number of aryl methyl sites for hydroxylation is 1. The van der Waals surface area contributed by atoms with E-state index in [4.69, 9.17) is 4.74 Å². The third-order valence-electron chi connectivity index (χ3n) is 3.17. The van der Waals surface area contributed by atoms with E-state index in [9.17, 15) is 9.59 Å². The van der Waals surface area contributed by atoms with E-state index >= 15 is 0 Å². The number of benzene rings is 1. The van der Waals surface area contributed by atoms with Crippen molar-refractivity contribution in [2.45, 2.75) is 6.10 Å². The van der Waals surface area contributed by atoms with Crippen LogP contribution in [0.15, 0.2) is 58.8 Å². The Morgan fingerprint density at radius 2 is 2.00 bits per heavy atom. The first-order valence-electron chi connectivity index (χ1n) is 6.85. The number of esters is 1. The molecule has 0 aliphatic rings. The zero-order valence-electron chi connectivity index (χ0n) is 12.2. The Bertz CT molecular complexity index is 860. The van der Waals surface area contributed by atoms with Crippen LogP contribution in [0.4, 0.5) is 0 Å². The molecule has 23 heavy (non-hydrogen) atoms. The molecule has 0 N–H and O–H groups in total. The van der Waals surface area contributed by atoms with Gasteiger partial charge in [0.2, 0.25) is 0 Å². The minimum atomic E-state index is -0.609. The Morgan fingerprint density at radius 3 is 2.65 bits per heavy atom. The predicted octanol–water partition coefficient (Wildman–Crippen LogP) is 2.18. The summed E-state index contributed by atoms with van der Waals surface area (Å²) in [5.41, 5.74) is 0.603. The van der Waals surface area contributed by atoms with Gasteiger partial charge in [0.25, 0.3) is 5.56 Å². The second-order valence-corrected chi connectivity index (χ2v) is 5.67. The van der Waals surface area contributed by atoms with Crippen LogP contribution in [0.3, 0.4) is 0 Å². The number of rotatable bonds is 4. The van der Waals surface area contributed by atoms with Crippen molar-refractivity contribution in [2.24, 2.45) is 7.05 Å². The summed E-state index contributed by atoms with van der Waals surface area (Å²) < 4.78 is 6.69. The molecule has 0 spiro atoms. The zero-order chi connectivity index (χ0) is 16.2. The van der Waals surface area contributed by atoms with Gasteiger partial charge in [-0.3, -0.25) is 4.79 Å². The third-order valence-corrected chi connectivity index (χ3v) is 3.99. The highest BCUT2D eigenvalue weighted by Gasteiger charge is 2.23. The highest BCUT2D eigenvalue weighted by Crippen LogP contribution is 2.28. The molecule has 1 atom stereocenters. The summed E-state index contributed by atoms with van der Waals surface area (Å²) in [6.07, 6.45) is 1.05. The fraction of sp³-hybridized carbons (Fsp3) is 0.125. The molecular formula is C16H13N3O3S. The van der Waals surface area contributed by atoms with Crippen molar-refractivity contribution >= 4 is 17.3 Å². The first-order valence-corrected chi connectivity index (χ1v) is 7.73. The quantitative estimate of drug-likeness (QED) is 0.687. The number of carbonyl (C=O) groups excluding carboxylic acids is 1. The summed E-state index contributed by atoms with van der Waals surface area (Å²) >= 11 is 1.40. The summed E-state index contributed by atoms with van der Waals surface area (Å²) in [6.45, 7) is 0. The lowest BCUT2D eigenvalue weighted by Gasteiger charge is -2.16. The van der Waals surface area contributed by atoms with Crippen molar-refractivity contribution in [3.05, 3.63) is 80.7 Å². The largest absolute Gasteiger partial charge is 0.445 e. The number of hydrogen-bond donors (Lipinski definition) is 0. The van der Waals surface area contributed by atoms with Gasteiger partial charge in [0.15, 0.2) is 11.8 Å². The van der Waals surface area contributed by atoms with Crippen LogP contribution in [0, 0.1) is 0 Å². The molecule has 2 aromatic heterocycles. The summed E-state index contributed by atoms with van der Waals surface area (Å²) in [5, 5.41) is 6.41. The van der Waals surface area contributed by atoms with Crippen molar-refractivity contribution in [3.8, 4) is 0 Å². The van der Waals surface area contributed by atoms with Gasteiger partial charge < -0.3 is 4.74 Å². The fourth-order valence-electron chi connectivity index (χ4n) is 2.03. The van der Waals surface area contributed by atoms with Crippen molar-refractivity contribution in [1.29, 1.82) is 0 Å². The van der Waals surface area contributed by atoms with E-state index < -0.39 is 12.1 Å². The van der Waals surface area contributed by atoms with Crippen LogP contribution in [0.25, 0.3) is 0 Å². The van der Waals surface area contributed by atoms with Crippen molar-refractivity contribution in [1.82, 2.24) is 14.8 Å². The van der Waals surface area contributed by atoms with Gasteiger partial charge in [-0.2, -0.15) is 5.10 Å². The predicted molar refractivity (Wildman–Crippen MR) is 85.3 cm³/mol. The van der Waals surface area contributed by atoms with E-state index in [2.05, 4.69) is 10.1 Å². The van der Waals surface area contributed by atoms with E-state index in [1.165, 1.54) is 30.5 Å². The number of nitrogens with zero attached hydrogens (tertiary/aromatic N) is 3. The van der Waals surface area contributed by atoms with Gasteiger partial charge in [-0.1, -0.05) is 30.3 Å². The molecule has 0 amide bonds. The number of carbonyl (C=O) groups is 1. The van der Waals surface area contributed by atoms with Crippen LogP contribution >= 0.6 is 11.3 Å². The van der Waals surface area contributed by atoms with E-state index in [1.807, 2.05) is 35.7 Å². The highest BCUT2D eigenvalue weighted by molar-refractivity contribution is 7.09. The van der Waals surface area contributed by atoms with Gasteiger partial charge in [-0.05, 0) is 11.6 Å². The zero-order valence-corrected chi connectivity index (χ0v) is 13.1. The minimum Gasteiger partial charge on any atom is -0.445 e. The first-order chi connectivity index (χ1) is 11.1. The number of thiazole rings is 1. The lowest BCUT2D eigenvalue weighted by Crippen LogP contribution is -2.22. The van der Waals surface area contributed by atoms with Crippen LogP contribution in [0.2, 0.25) is 0 Å². The van der Waals surface area contributed by atoms with Gasteiger partial charge in [-0.15, -0.1) is 11.3 Å². The number of aromatic nitrogens is 3. The van der Waals surface area contributed by atoms with Crippen molar-refractivity contribution in [3.63, 3.8) is 0 Å². The van der Waals surface area contributed by atoms with Gasteiger partial charge in [-0.25, -0.2) is 14.5 Å². The van der Waals surface area contributed by atoms with Crippen molar-refractivity contribution < 1.29 is 9.53 Å². The molecule has 0 aliphatic heterocycles. The van der Waals surface area contributed by atoms with Gasteiger partial charge >= 0.3 is 5.97 Å². The van der Waals surface area contributed by atoms with Gasteiger partial charge in [0.1, 0.15) is 5.01 Å². The maximum Gasteiger partial charge on any atom is 0.359 e. The third kappa shape index (κ3) is 3.35. The molecule has 0 fully saturated rings. The number of ether oxygens (including phenoxy) is 1. The topological polar surface area (TPSA) is 74.1 Å². The standard InChI is InChI=1S/C16H13N3O3S/c1-19-13(20)8-7-12(18-19)16(21)22-14(15-17-9-10-23-15)11-5-3-2-4-6-11/h2-10,14H,1H3/t14-/m1/s1. The summed E-state index contributed by atoms with van der Waals surface area (Å²) in [4.78, 5) is 28.0. The molecule has 0 saturated carbocycles. The second-order valence-electron chi connectivity index (χ2n) is 4.75. The normalized spacial score (nSPS) is 11.9. The monoisotopic (exact) mass is 327 g/mol. The molecule has 3 rings (SSSR count). The summed E-state index contributed by atoms with van der Waals surface area (Å²) in [7, 11) is 1.48. The molecule has 3 aromatic rings. The Labute approximate surface area is 136 Å². The Balaban J connectivity index is 1.91. The van der Waals surface area contributed by atoms with Crippen LogP contribution in [-0.2, 0) is 11.8 Å². The van der Waals surface area contributed by atoms with Gasteiger partial charge in [0.05, 0.1) is 0 Å². The molecule has 6 nitrogen and oxygen atoms in total. The molecule has 0 saturated heterocycles. The van der Waals surface area contributed by atoms with Crippen LogP contribution in [0.5, 0.6) is 0 Å². The van der Waals surface area contributed by atoms with E-state index in [-0.39, 0.29) is 11.3 Å². The number of hydrogen-bond acceptors (Lipinski definition) is 6. The average Bonchev–Trinajstić information content (AvgIpc) is 3.10. The molecule has 116 valence electrons. The highest BCUT2D eigenvalue weighted by atomic mass is 32.1. The summed E-state index contributed by atoms with van der Waals surface area (Å²) in [6, 6.07) is 12.0. The van der Waals surface area contributed by atoms with Crippen LogP contribution < -0.4 is 5.56 Å². The second kappa shape index (κ2) is 6.53. The molecule has 7 heteroatoms. The molecule has 2 heterocycles. The maximum atomic E-state index is 12.4. The summed E-state index contributed by atoms with van der Waals surface area (Å²) in [5.74, 6) is -0.607. The van der Waals surface area contributed by atoms with Crippen LogP contribution in [0.1, 0.15) is 27.2 Å². The lowest BCUT2D eigenvalue weighted by molar-refractivity contribution is 0.0367. The Hall–Kier alpha value is -2.80. The first kappa shape index (κ1) is 15.1. The molecule has 1 aromatic carbocycles. The van der Waals surface area contributed by atoms with Gasteiger partial charge in [0, 0.05) is 24.7 Å². The molecule has 0 radical (unpaired) electrons. The van der Waals surface area contributed by atoms with E-state index in [0.717, 1.165) is 10.2 Å². The molecule has 0 bridgehead atoms. The van der Waals surface area contributed by atoms with Crippen molar-refractivity contribution in [2.75, 3.05) is 0 Å². The Morgan fingerprint density at radius 1 is 1.22 bits per heavy atom.